The lowest BCUT2D eigenvalue weighted by Gasteiger charge is -2.10. The first-order valence-electron chi connectivity index (χ1n) is 29.6. The van der Waals surface area contributed by atoms with E-state index in [1.54, 1.807) is 19.1 Å². The number of nitrogens with two attached hydrogens (primary N) is 1. The van der Waals surface area contributed by atoms with Crippen LogP contribution in [0.4, 0.5) is 5.69 Å². The van der Waals surface area contributed by atoms with E-state index in [9.17, 15) is 24.0 Å². The van der Waals surface area contributed by atoms with Gasteiger partial charge in [-0.3, -0.25) is 9.59 Å². The van der Waals surface area contributed by atoms with Crippen LogP contribution in [0.25, 0.3) is 44.1 Å². The Labute approximate surface area is 523 Å². The van der Waals surface area contributed by atoms with Crippen molar-refractivity contribution in [1.29, 1.82) is 0 Å². The SMILES string of the molecule is CC(=O)O/N=C(\Cc1ccccc1C)C(=O)c1c(C)n(-c2ccc(C(C)=O)cc2)c2ccccc12.CC(=O)O/N=C(\Cc1ccccc1C)c1cn(-c2ccc(N)cc2)c2ccccc12.CCC(=O)O/N=C(\Cc1ccccc1C)c1cn(C)c2ccccc12. The van der Waals surface area contributed by atoms with Gasteiger partial charge in [0.05, 0.1) is 28.0 Å². The Morgan fingerprint density at radius 3 is 1.44 bits per heavy atom. The average Bonchev–Trinajstić information content (AvgIpc) is 1.63. The van der Waals surface area contributed by atoms with Crippen LogP contribution in [0, 0.1) is 27.7 Å². The van der Waals surface area contributed by atoms with E-state index in [0.717, 1.165) is 88.9 Å². The van der Waals surface area contributed by atoms with E-state index in [1.165, 1.54) is 31.9 Å². The molecule has 0 fully saturated rings. The highest BCUT2D eigenvalue weighted by atomic mass is 16.7. The van der Waals surface area contributed by atoms with Crippen LogP contribution >= 0.6 is 0 Å². The smallest absolute Gasteiger partial charge is 0.334 e. The number of aryl methyl sites for hydroxylation is 4. The summed E-state index contributed by atoms with van der Waals surface area (Å²) in [6.45, 7) is 13.9. The minimum absolute atomic E-state index is 0.0102. The van der Waals surface area contributed by atoms with Crippen molar-refractivity contribution in [1.82, 2.24) is 13.7 Å². The van der Waals surface area contributed by atoms with Gasteiger partial charge < -0.3 is 33.9 Å². The van der Waals surface area contributed by atoms with Gasteiger partial charge in [-0.25, -0.2) is 14.4 Å². The van der Waals surface area contributed by atoms with Crippen LogP contribution in [0.2, 0.25) is 0 Å². The van der Waals surface area contributed by atoms with Crippen molar-refractivity contribution in [2.24, 2.45) is 22.5 Å². The largest absolute Gasteiger partial charge is 0.399 e. The lowest BCUT2D eigenvalue weighted by Crippen LogP contribution is -2.20. The second kappa shape index (κ2) is 29.1. The zero-order valence-corrected chi connectivity index (χ0v) is 52.0. The molecule has 11 aromatic rings. The normalized spacial score (nSPS) is 11.6. The summed E-state index contributed by atoms with van der Waals surface area (Å²) < 4.78 is 6.16. The molecule has 0 amide bonds. The first-order chi connectivity index (χ1) is 43.4. The summed E-state index contributed by atoms with van der Waals surface area (Å²) in [5.74, 6) is -1.68. The van der Waals surface area contributed by atoms with E-state index in [-0.39, 0.29) is 29.7 Å². The van der Waals surface area contributed by atoms with Gasteiger partial charge >= 0.3 is 17.9 Å². The molecule has 0 spiro atoms. The lowest BCUT2D eigenvalue weighted by molar-refractivity contribution is -0.143. The molecular weight excluding hydrogens is 1130 g/mol. The number of anilines is 1. The number of nitrogens with zero attached hydrogens (tertiary/aromatic N) is 6. The molecule has 454 valence electrons. The summed E-state index contributed by atoms with van der Waals surface area (Å²) in [5, 5.41) is 15.3. The Hall–Kier alpha value is -11.1. The zero-order valence-electron chi connectivity index (χ0n) is 52.0. The highest BCUT2D eigenvalue weighted by Crippen LogP contribution is 2.32. The molecule has 15 nitrogen and oxygen atoms in total. The van der Waals surface area contributed by atoms with E-state index >= 15 is 0 Å². The molecule has 0 radical (unpaired) electrons. The van der Waals surface area contributed by atoms with Gasteiger partial charge in [0.25, 0.3) is 0 Å². The second-order valence-electron chi connectivity index (χ2n) is 21.8. The minimum atomic E-state index is -0.593. The zero-order chi connectivity index (χ0) is 64.0. The van der Waals surface area contributed by atoms with Gasteiger partial charge in [-0.15, -0.1) is 0 Å². The number of benzene rings is 8. The summed E-state index contributed by atoms with van der Waals surface area (Å²) in [5.41, 5.74) is 23.4. The topological polar surface area (TPSA) is 191 Å². The number of fused-ring (bicyclic) bond motifs is 3. The van der Waals surface area contributed by atoms with Crippen molar-refractivity contribution in [2.45, 2.75) is 81.1 Å². The van der Waals surface area contributed by atoms with Gasteiger partial charge in [0.1, 0.15) is 5.71 Å². The fourth-order valence-electron chi connectivity index (χ4n) is 10.7. The predicted molar refractivity (Wildman–Crippen MR) is 358 cm³/mol. The third-order valence-electron chi connectivity index (χ3n) is 15.5. The van der Waals surface area contributed by atoms with E-state index in [1.807, 2.05) is 171 Å². The Balaban J connectivity index is 0.000000162. The molecule has 11 rings (SSSR count). The van der Waals surface area contributed by atoms with Crippen LogP contribution in [0.15, 0.2) is 222 Å². The van der Waals surface area contributed by atoms with E-state index in [2.05, 4.69) is 87.0 Å². The quantitative estimate of drug-likeness (QED) is 0.0304. The maximum atomic E-state index is 13.9. The van der Waals surface area contributed by atoms with Crippen molar-refractivity contribution in [2.75, 3.05) is 5.73 Å². The number of carbonyl (C=O) groups excluding carboxylic acids is 5. The van der Waals surface area contributed by atoms with Gasteiger partial charge in [0.2, 0.25) is 5.78 Å². The van der Waals surface area contributed by atoms with Crippen LogP contribution in [0.5, 0.6) is 0 Å². The number of nitrogen functional groups attached to an aromatic ring is 1. The Morgan fingerprint density at radius 2 is 0.911 bits per heavy atom. The van der Waals surface area contributed by atoms with E-state index < -0.39 is 11.9 Å². The fourth-order valence-corrected chi connectivity index (χ4v) is 10.7. The van der Waals surface area contributed by atoms with E-state index in [0.29, 0.717) is 41.8 Å². The van der Waals surface area contributed by atoms with Crippen molar-refractivity contribution >= 4 is 85.0 Å². The second-order valence-corrected chi connectivity index (χ2v) is 21.8. The molecule has 0 aliphatic carbocycles. The van der Waals surface area contributed by atoms with Crippen LogP contribution in [0.1, 0.15) is 105 Å². The summed E-state index contributed by atoms with van der Waals surface area (Å²) in [6, 6.07) is 63.0. The van der Waals surface area contributed by atoms with Crippen molar-refractivity contribution in [3.8, 4) is 11.4 Å². The molecule has 8 aromatic carbocycles. The van der Waals surface area contributed by atoms with Crippen LogP contribution in [-0.4, -0.2) is 60.3 Å². The van der Waals surface area contributed by atoms with Gasteiger partial charge in [0, 0.05) is 120 Å². The Kier molecular flexibility index (Phi) is 20.5. The predicted octanol–water partition coefficient (Wildman–Crippen LogP) is 15.2. The minimum Gasteiger partial charge on any atom is -0.399 e. The number of ketones is 2. The average molecular weight is 1200 g/mol. The van der Waals surface area contributed by atoms with E-state index in [4.69, 9.17) is 20.2 Å². The summed E-state index contributed by atoms with van der Waals surface area (Å²) >= 11 is 0. The van der Waals surface area contributed by atoms with Crippen LogP contribution in [0.3, 0.4) is 0 Å². The lowest BCUT2D eigenvalue weighted by atomic mass is 9.96. The molecule has 0 atom stereocenters. The third kappa shape index (κ3) is 15.0. The highest BCUT2D eigenvalue weighted by molar-refractivity contribution is 6.48. The monoisotopic (exact) mass is 1200 g/mol. The first kappa shape index (κ1) is 63.4. The maximum absolute atomic E-state index is 13.9. The van der Waals surface area contributed by atoms with Gasteiger partial charge in [-0.2, -0.15) is 0 Å². The number of carbonyl (C=O) groups is 5. The fraction of sp³-hybridized carbons (Fsp3) is 0.173. The molecule has 3 heterocycles. The van der Waals surface area contributed by atoms with Crippen LogP contribution < -0.4 is 5.73 Å². The molecule has 0 saturated carbocycles. The molecule has 15 heteroatoms. The molecular formula is C75H71N7O8. The van der Waals surface area contributed by atoms with Crippen molar-refractivity contribution in [3.05, 3.63) is 268 Å². The highest BCUT2D eigenvalue weighted by Gasteiger charge is 2.26. The number of oxime groups is 3. The molecule has 0 aliphatic heterocycles. The van der Waals surface area contributed by atoms with Gasteiger partial charge in [-0.1, -0.05) is 150 Å². The Morgan fingerprint density at radius 1 is 0.467 bits per heavy atom. The molecule has 3 aromatic heterocycles. The summed E-state index contributed by atoms with van der Waals surface area (Å²) in [7, 11) is 2.01. The molecule has 0 bridgehead atoms. The molecule has 90 heavy (non-hydrogen) atoms. The van der Waals surface area contributed by atoms with Crippen molar-refractivity contribution < 1.29 is 38.5 Å². The number of para-hydroxylation sites is 3. The molecule has 0 aliphatic rings. The maximum Gasteiger partial charge on any atom is 0.334 e. The molecule has 2 N–H and O–H groups in total. The summed E-state index contributed by atoms with van der Waals surface area (Å²) in [4.78, 5) is 75.3. The number of hydrogen-bond acceptors (Lipinski definition) is 12. The number of hydrogen-bond donors (Lipinski definition) is 1. The van der Waals surface area contributed by atoms with Gasteiger partial charge in [0.15, 0.2) is 5.78 Å². The summed E-state index contributed by atoms with van der Waals surface area (Å²) in [6.07, 6.45) is 5.77. The molecule has 0 saturated heterocycles. The molecule has 0 unspecified atom stereocenters. The van der Waals surface area contributed by atoms with Gasteiger partial charge in [-0.05, 0) is 135 Å². The van der Waals surface area contributed by atoms with Crippen molar-refractivity contribution in [3.63, 3.8) is 0 Å². The van der Waals surface area contributed by atoms with Crippen LogP contribution in [-0.2, 0) is 55.2 Å². The number of rotatable bonds is 17. The standard InChI is InChI=1S/C29H26N2O4.C25H23N3O2.C21H22N2O2/c1-18-9-5-6-10-23(18)17-26(30-35-21(4)33)29(34)28-19(2)31(27-12-8-7-11-25(27)28)24-15-13-22(14-16-24)20(3)32;1-17-7-3-4-8-19(17)15-24(27-30-18(2)29)23-16-28(21-13-11-20(26)12-14-21)25-10-6-5-9-22(23)25;1-4-21(24)25-22-19(13-16-10-6-5-9-15(16)2)18-14-23(3)20-12-8-7-11-17(18)20/h5-16H,17H2,1-4H3;3-14,16H,15,26H2,1-2H3;5-12,14H,4,13H2,1-3H3/b30-26+;27-24+;22-19+. The number of aromatic nitrogens is 3. The first-order valence-corrected chi connectivity index (χ1v) is 29.6. The Bertz CT molecular complexity index is 4560. The third-order valence-corrected chi connectivity index (χ3v) is 15.5. The number of Topliss-reactive ketones (excluding diaryl/α,β-unsaturated/α-hetero) is 2.